The second kappa shape index (κ2) is 11.0. The highest BCUT2D eigenvalue weighted by Crippen LogP contribution is 2.75. The van der Waals surface area contributed by atoms with E-state index in [2.05, 4.69) is 47.6 Å². The molecule has 0 aromatic heterocycles. The number of aliphatic hydroxyl groups is 1. The van der Waals surface area contributed by atoms with E-state index in [1.807, 2.05) is 0 Å². The molecule has 1 aromatic rings. The highest BCUT2D eigenvalue weighted by atomic mass is 16.5. The molecule has 0 bridgehead atoms. The van der Waals surface area contributed by atoms with E-state index in [1.54, 1.807) is 30.3 Å². The number of phenolic OH excluding ortho intramolecular Hbond substituents is 1. The Hall–Kier alpha value is -2.60. The molecule has 0 spiro atoms. The van der Waals surface area contributed by atoms with E-state index in [0.29, 0.717) is 24.2 Å². The Labute approximate surface area is 269 Å². The van der Waals surface area contributed by atoms with Gasteiger partial charge in [-0.1, -0.05) is 65.3 Å². The number of fused-ring (bicyclic) bond motifs is 7. The van der Waals surface area contributed by atoms with Crippen molar-refractivity contribution in [3.63, 3.8) is 0 Å². The molecule has 3 N–H and O–H groups in total. The average Bonchev–Trinajstić information content (AvgIpc) is 3.00. The van der Waals surface area contributed by atoms with Crippen molar-refractivity contribution in [1.82, 2.24) is 0 Å². The zero-order valence-corrected chi connectivity index (χ0v) is 28.1. The van der Waals surface area contributed by atoms with Gasteiger partial charge in [0.05, 0.1) is 18.1 Å². The summed E-state index contributed by atoms with van der Waals surface area (Å²) in [5.74, 6) is 0.714. The van der Waals surface area contributed by atoms with Gasteiger partial charge in [-0.25, -0.2) is 4.79 Å². The fraction of sp³-hybridized carbons (Fsp3) is 0.692. The minimum absolute atomic E-state index is 0.0279. The number of rotatable bonds is 5. The lowest BCUT2D eigenvalue weighted by molar-refractivity contribution is -0.220. The monoisotopic (exact) mass is 618 g/mol. The Morgan fingerprint density at radius 3 is 2.33 bits per heavy atom. The van der Waals surface area contributed by atoms with Crippen LogP contribution in [0.2, 0.25) is 0 Å². The first-order valence-corrected chi connectivity index (χ1v) is 17.4. The summed E-state index contributed by atoms with van der Waals surface area (Å²) < 4.78 is 5.87. The van der Waals surface area contributed by atoms with E-state index in [0.717, 1.165) is 56.9 Å². The minimum Gasteiger partial charge on any atom is -0.508 e. The molecular formula is C39H54O6. The number of esters is 1. The van der Waals surface area contributed by atoms with Gasteiger partial charge < -0.3 is 20.1 Å². The van der Waals surface area contributed by atoms with Crippen molar-refractivity contribution < 1.29 is 29.6 Å². The third-order valence-corrected chi connectivity index (χ3v) is 15.0. The second-order valence-corrected chi connectivity index (χ2v) is 16.7. The fourth-order valence-corrected chi connectivity index (χ4v) is 11.9. The van der Waals surface area contributed by atoms with Crippen molar-refractivity contribution in [2.45, 2.75) is 105 Å². The zero-order chi connectivity index (χ0) is 32.6. The molecular weight excluding hydrogens is 564 g/mol. The second-order valence-electron chi connectivity index (χ2n) is 16.7. The molecule has 6 rings (SSSR count). The van der Waals surface area contributed by atoms with Crippen molar-refractivity contribution in [1.29, 1.82) is 0 Å². The SMILES string of the molecule is C[C@H]1[C@H](C)CC[C@]2(C(=O)O)CC[C@]3(C)C(=CC[C@@H]4[C@@]5(C)CC[C@H](O)[C@](C)(COC(=O)C=Cc6ccc(O)cc6)[C@@H]5CC[C@]43C)[C@H]12. The van der Waals surface area contributed by atoms with Crippen molar-refractivity contribution in [2.75, 3.05) is 6.61 Å². The number of hydrogen-bond acceptors (Lipinski definition) is 5. The minimum atomic E-state index is -0.643. The highest BCUT2D eigenvalue weighted by molar-refractivity contribution is 5.87. The molecule has 0 amide bonds. The molecule has 6 heteroatoms. The number of carboxylic acid groups (broad SMARTS) is 1. The van der Waals surface area contributed by atoms with Crippen LogP contribution in [-0.4, -0.2) is 40.0 Å². The summed E-state index contributed by atoms with van der Waals surface area (Å²) in [7, 11) is 0. The molecule has 4 saturated carbocycles. The maximum absolute atomic E-state index is 13.0. The van der Waals surface area contributed by atoms with Gasteiger partial charge in [0.15, 0.2) is 0 Å². The maximum Gasteiger partial charge on any atom is 0.330 e. The van der Waals surface area contributed by atoms with Gasteiger partial charge >= 0.3 is 11.9 Å². The van der Waals surface area contributed by atoms with Crippen molar-refractivity contribution >= 4 is 18.0 Å². The smallest absolute Gasteiger partial charge is 0.330 e. The van der Waals surface area contributed by atoms with Crippen LogP contribution in [-0.2, 0) is 14.3 Å². The fourth-order valence-electron chi connectivity index (χ4n) is 11.9. The summed E-state index contributed by atoms with van der Waals surface area (Å²) in [5, 5.41) is 31.7. The molecule has 1 aromatic carbocycles. The van der Waals surface area contributed by atoms with Crippen LogP contribution in [0.5, 0.6) is 5.75 Å². The van der Waals surface area contributed by atoms with Crippen LogP contribution in [0.15, 0.2) is 42.0 Å². The first-order valence-electron chi connectivity index (χ1n) is 17.4. The van der Waals surface area contributed by atoms with Crippen LogP contribution in [0.1, 0.15) is 105 Å². The van der Waals surface area contributed by atoms with Crippen molar-refractivity contribution in [3.8, 4) is 5.75 Å². The summed E-state index contributed by atoms with van der Waals surface area (Å²) in [6, 6.07) is 6.64. The summed E-state index contributed by atoms with van der Waals surface area (Å²) in [6.07, 6.45) is 13.1. The zero-order valence-electron chi connectivity index (χ0n) is 28.1. The number of carboxylic acids is 1. The number of ether oxygens (including phenoxy) is 1. The van der Waals surface area contributed by atoms with E-state index in [9.17, 15) is 24.9 Å². The van der Waals surface area contributed by atoms with Gasteiger partial charge in [0.25, 0.3) is 0 Å². The summed E-state index contributed by atoms with van der Waals surface area (Å²) >= 11 is 0. The normalized spacial score (nSPS) is 45.8. The lowest BCUT2D eigenvalue weighted by atomic mass is 9.33. The quantitative estimate of drug-likeness (QED) is 0.175. The number of allylic oxidation sites excluding steroid dienone is 2. The van der Waals surface area contributed by atoms with E-state index in [1.165, 1.54) is 11.6 Å². The van der Waals surface area contributed by atoms with Gasteiger partial charge in [-0.3, -0.25) is 4.79 Å². The molecule has 0 heterocycles. The van der Waals surface area contributed by atoms with Crippen LogP contribution >= 0.6 is 0 Å². The molecule has 11 atom stereocenters. The third kappa shape index (κ3) is 4.66. The van der Waals surface area contributed by atoms with Crippen molar-refractivity contribution in [3.05, 3.63) is 47.6 Å². The number of phenols is 1. The first-order chi connectivity index (χ1) is 21.1. The number of hydrogen-bond donors (Lipinski definition) is 3. The molecule has 246 valence electrons. The lowest BCUT2D eigenvalue weighted by Gasteiger charge is -2.71. The Balaban J connectivity index is 1.28. The molecule has 0 radical (unpaired) electrons. The number of aliphatic hydroxyl groups excluding tert-OH is 1. The van der Waals surface area contributed by atoms with Crippen molar-refractivity contribution in [2.24, 2.45) is 56.7 Å². The predicted molar refractivity (Wildman–Crippen MR) is 175 cm³/mol. The topological polar surface area (TPSA) is 104 Å². The van der Waals surface area contributed by atoms with Crippen LogP contribution in [0.25, 0.3) is 6.08 Å². The molecule has 6 nitrogen and oxygen atoms in total. The molecule has 4 fully saturated rings. The highest BCUT2D eigenvalue weighted by Gasteiger charge is 2.70. The number of benzene rings is 1. The Bertz CT molecular complexity index is 1400. The first kappa shape index (κ1) is 32.3. The number of aromatic hydroxyl groups is 1. The standard InChI is InChI=1S/C39H54O6/c1-24-15-20-39(34(43)44)22-21-37(5)28(33(39)25(24)2)12-13-30-35(3)18-17-31(41)36(4,29(35)16-19-38(30,37)6)23-45-32(42)14-9-26-7-10-27(40)11-8-26/h7-12,14,24-25,29-31,33,40-41H,13,15-23H2,1-6H3,(H,43,44)/t24-,25+,29-,30-,31+,33+,35+,36-,37-,38-,39+/m1/s1. The van der Waals surface area contributed by atoms with Crippen LogP contribution < -0.4 is 0 Å². The number of carbonyl (C=O) groups is 2. The molecule has 45 heavy (non-hydrogen) atoms. The maximum atomic E-state index is 13.0. The summed E-state index contributed by atoms with van der Waals surface area (Å²) in [5.41, 5.74) is 0.967. The Morgan fingerprint density at radius 2 is 1.64 bits per heavy atom. The summed E-state index contributed by atoms with van der Waals surface area (Å²) in [4.78, 5) is 25.8. The number of carbonyl (C=O) groups excluding carboxylic acids is 1. The Morgan fingerprint density at radius 1 is 0.933 bits per heavy atom. The van der Waals surface area contributed by atoms with E-state index >= 15 is 0 Å². The lowest BCUT2D eigenvalue weighted by Crippen LogP contribution is -2.66. The van der Waals surface area contributed by atoms with Gasteiger partial charge in [0.2, 0.25) is 0 Å². The molecule has 0 saturated heterocycles. The van der Waals surface area contributed by atoms with E-state index in [-0.39, 0.29) is 40.4 Å². The predicted octanol–water partition coefficient (Wildman–Crippen LogP) is 8.03. The van der Waals surface area contributed by atoms with Gasteiger partial charge in [-0.05, 0) is 127 Å². The van der Waals surface area contributed by atoms with Gasteiger partial charge in [-0.15, -0.1) is 0 Å². The van der Waals surface area contributed by atoms with Crippen LogP contribution in [0, 0.1) is 56.7 Å². The van der Waals surface area contributed by atoms with Crippen LogP contribution in [0.3, 0.4) is 0 Å². The van der Waals surface area contributed by atoms with Crippen LogP contribution in [0.4, 0.5) is 0 Å². The average molecular weight is 619 g/mol. The largest absolute Gasteiger partial charge is 0.508 e. The van der Waals surface area contributed by atoms with Gasteiger partial charge in [0.1, 0.15) is 5.75 Å². The third-order valence-electron chi connectivity index (χ3n) is 15.0. The van der Waals surface area contributed by atoms with Gasteiger partial charge in [0, 0.05) is 11.5 Å². The molecule has 0 aliphatic heterocycles. The molecule has 0 unspecified atom stereocenters. The Kier molecular flexibility index (Phi) is 7.90. The summed E-state index contributed by atoms with van der Waals surface area (Å²) in [6.45, 7) is 14.3. The van der Waals surface area contributed by atoms with Gasteiger partial charge in [-0.2, -0.15) is 0 Å². The molecule has 5 aliphatic carbocycles. The van der Waals surface area contributed by atoms with E-state index < -0.39 is 28.9 Å². The number of aliphatic carboxylic acids is 1. The molecule has 5 aliphatic rings. The van der Waals surface area contributed by atoms with E-state index in [4.69, 9.17) is 4.74 Å².